The van der Waals surface area contributed by atoms with Crippen molar-refractivity contribution in [3.63, 3.8) is 0 Å². The maximum absolute atomic E-state index is 9.01. The van der Waals surface area contributed by atoms with Gasteiger partial charge in [0, 0.05) is 10.8 Å². The lowest BCUT2D eigenvalue weighted by Crippen LogP contribution is -2.14. The van der Waals surface area contributed by atoms with Gasteiger partial charge in [-0.25, -0.2) is 0 Å². The third-order valence-corrected chi connectivity index (χ3v) is 3.84. The van der Waals surface area contributed by atoms with E-state index in [4.69, 9.17) is 5.26 Å². The molecule has 1 fully saturated rings. The first-order valence-corrected chi connectivity index (χ1v) is 5.73. The molecule has 0 radical (unpaired) electrons. The highest BCUT2D eigenvalue weighted by Gasteiger charge is 2.26. The topological polar surface area (TPSA) is 23.8 Å². The molecule has 1 aliphatic carbocycles. The quantitative estimate of drug-likeness (QED) is 0.666. The van der Waals surface area contributed by atoms with Gasteiger partial charge >= 0.3 is 0 Å². The van der Waals surface area contributed by atoms with E-state index >= 15 is 0 Å². The summed E-state index contributed by atoms with van der Waals surface area (Å²) >= 11 is 1.80. The summed E-state index contributed by atoms with van der Waals surface area (Å²) in [6, 6.07) is 6.71. The molecular formula is C11H13NS. The Morgan fingerprint density at radius 1 is 1.38 bits per heavy atom. The summed E-state index contributed by atoms with van der Waals surface area (Å²) in [7, 11) is 0. The van der Waals surface area contributed by atoms with Crippen LogP contribution in [0.1, 0.15) is 36.5 Å². The van der Waals surface area contributed by atoms with E-state index in [9.17, 15) is 0 Å². The second-order valence-electron chi connectivity index (χ2n) is 3.64. The minimum atomic E-state index is 0.271. The van der Waals surface area contributed by atoms with E-state index in [1.54, 1.807) is 11.3 Å². The lowest BCUT2D eigenvalue weighted by molar-refractivity contribution is 0.373. The Bertz CT molecular complexity index is 296. The average molecular weight is 191 g/mol. The van der Waals surface area contributed by atoms with Gasteiger partial charge in [-0.2, -0.15) is 5.26 Å². The van der Waals surface area contributed by atoms with Gasteiger partial charge < -0.3 is 0 Å². The first-order valence-electron chi connectivity index (χ1n) is 4.85. The Morgan fingerprint density at radius 2 is 2.23 bits per heavy atom. The molecule has 0 bridgehead atoms. The van der Waals surface area contributed by atoms with E-state index in [1.165, 1.54) is 24.1 Å². The van der Waals surface area contributed by atoms with E-state index in [-0.39, 0.29) is 5.92 Å². The van der Waals surface area contributed by atoms with Crippen LogP contribution in [0.2, 0.25) is 0 Å². The fraction of sp³-hybridized carbons (Fsp3) is 0.545. The molecule has 0 aromatic carbocycles. The monoisotopic (exact) mass is 191 g/mol. The SMILES string of the molecule is N#CC1CCCCC1c1cccs1. The van der Waals surface area contributed by atoms with Crippen LogP contribution >= 0.6 is 11.3 Å². The van der Waals surface area contributed by atoms with Crippen LogP contribution in [0.25, 0.3) is 0 Å². The number of thiophene rings is 1. The number of nitrogens with zero attached hydrogens (tertiary/aromatic N) is 1. The van der Waals surface area contributed by atoms with Gasteiger partial charge in [0.1, 0.15) is 0 Å². The standard InChI is InChI=1S/C11H13NS/c12-8-9-4-1-2-5-10(9)11-6-3-7-13-11/h3,6-7,9-10H,1-2,4-5H2. The minimum absolute atomic E-state index is 0.271. The summed E-state index contributed by atoms with van der Waals surface area (Å²) in [5, 5.41) is 11.1. The minimum Gasteiger partial charge on any atom is -0.198 e. The molecule has 1 nitrogen and oxygen atoms in total. The molecule has 13 heavy (non-hydrogen) atoms. The highest BCUT2D eigenvalue weighted by atomic mass is 32.1. The molecule has 0 aliphatic heterocycles. The summed E-state index contributed by atoms with van der Waals surface area (Å²) < 4.78 is 0. The first kappa shape index (κ1) is 8.77. The van der Waals surface area contributed by atoms with Crippen LogP contribution in [-0.2, 0) is 0 Å². The highest BCUT2D eigenvalue weighted by molar-refractivity contribution is 7.10. The van der Waals surface area contributed by atoms with Gasteiger partial charge in [0.2, 0.25) is 0 Å². The zero-order valence-corrected chi connectivity index (χ0v) is 8.39. The van der Waals surface area contributed by atoms with Crippen LogP contribution in [0.15, 0.2) is 17.5 Å². The van der Waals surface area contributed by atoms with E-state index in [0.717, 1.165) is 6.42 Å². The molecular weight excluding hydrogens is 178 g/mol. The molecule has 1 saturated carbocycles. The molecule has 2 atom stereocenters. The predicted octanol–water partition coefficient (Wildman–Crippen LogP) is 3.55. The molecule has 0 spiro atoms. The largest absolute Gasteiger partial charge is 0.198 e. The highest BCUT2D eigenvalue weighted by Crippen LogP contribution is 2.39. The number of hydrogen-bond acceptors (Lipinski definition) is 2. The van der Waals surface area contributed by atoms with E-state index < -0.39 is 0 Å². The zero-order chi connectivity index (χ0) is 9.10. The fourth-order valence-electron chi connectivity index (χ4n) is 2.13. The first-order chi connectivity index (χ1) is 6.42. The lowest BCUT2D eigenvalue weighted by atomic mass is 9.79. The van der Waals surface area contributed by atoms with Gasteiger partial charge in [-0.15, -0.1) is 11.3 Å². The van der Waals surface area contributed by atoms with Crippen molar-refractivity contribution >= 4 is 11.3 Å². The molecule has 2 heteroatoms. The zero-order valence-electron chi connectivity index (χ0n) is 7.57. The van der Waals surface area contributed by atoms with Crippen molar-refractivity contribution in [1.29, 1.82) is 5.26 Å². The average Bonchev–Trinajstić information content (AvgIpc) is 2.70. The van der Waals surface area contributed by atoms with Gasteiger partial charge in [0.15, 0.2) is 0 Å². The van der Waals surface area contributed by atoms with Gasteiger partial charge in [0.05, 0.1) is 12.0 Å². The van der Waals surface area contributed by atoms with Gasteiger partial charge in [-0.1, -0.05) is 18.9 Å². The van der Waals surface area contributed by atoms with Crippen molar-refractivity contribution in [2.24, 2.45) is 5.92 Å². The predicted molar refractivity (Wildman–Crippen MR) is 54.6 cm³/mol. The second kappa shape index (κ2) is 3.93. The summed E-state index contributed by atoms with van der Waals surface area (Å²) in [5.41, 5.74) is 0. The van der Waals surface area contributed by atoms with Gasteiger partial charge in [0.25, 0.3) is 0 Å². The van der Waals surface area contributed by atoms with Crippen LogP contribution in [-0.4, -0.2) is 0 Å². The summed E-state index contributed by atoms with van der Waals surface area (Å²) in [6.45, 7) is 0. The smallest absolute Gasteiger partial charge is 0.0662 e. The third-order valence-electron chi connectivity index (χ3n) is 2.84. The summed E-state index contributed by atoms with van der Waals surface area (Å²) in [6.07, 6.45) is 4.83. The molecule has 2 unspecified atom stereocenters. The Balaban J connectivity index is 2.17. The molecule has 68 valence electrons. The number of rotatable bonds is 1. The molecule has 1 heterocycles. The van der Waals surface area contributed by atoms with Crippen LogP contribution in [0.5, 0.6) is 0 Å². The Labute approximate surface area is 83.0 Å². The molecule has 0 amide bonds. The van der Waals surface area contributed by atoms with Crippen LogP contribution < -0.4 is 0 Å². The van der Waals surface area contributed by atoms with Crippen molar-refractivity contribution in [1.82, 2.24) is 0 Å². The van der Waals surface area contributed by atoms with E-state index in [0.29, 0.717) is 5.92 Å². The van der Waals surface area contributed by atoms with Gasteiger partial charge in [-0.3, -0.25) is 0 Å². The summed E-state index contributed by atoms with van der Waals surface area (Å²) in [5.74, 6) is 0.797. The molecule has 1 aromatic rings. The molecule has 2 rings (SSSR count). The Morgan fingerprint density at radius 3 is 2.92 bits per heavy atom. The van der Waals surface area contributed by atoms with Crippen molar-refractivity contribution in [3.05, 3.63) is 22.4 Å². The van der Waals surface area contributed by atoms with Crippen LogP contribution in [0.3, 0.4) is 0 Å². The van der Waals surface area contributed by atoms with E-state index in [2.05, 4.69) is 23.6 Å². The Kier molecular flexibility index (Phi) is 2.65. The fourth-order valence-corrected chi connectivity index (χ4v) is 3.06. The Hall–Kier alpha value is -0.810. The molecule has 1 aliphatic rings. The van der Waals surface area contributed by atoms with Crippen molar-refractivity contribution in [2.45, 2.75) is 31.6 Å². The number of hydrogen-bond donors (Lipinski definition) is 0. The molecule has 0 saturated heterocycles. The van der Waals surface area contributed by atoms with Gasteiger partial charge in [-0.05, 0) is 24.3 Å². The summed E-state index contributed by atoms with van der Waals surface area (Å²) in [4.78, 5) is 1.41. The third kappa shape index (κ3) is 1.76. The maximum atomic E-state index is 9.01. The van der Waals surface area contributed by atoms with Crippen molar-refractivity contribution < 1.29 is 0 Å². The normalized spacial score (nSPS) is 28.2. The van der Waals surface area contributed by atoms with Crippen LogP contribution in [0.4, 0.5) is 0 Å². The van der Waals surface area contributed by atoms with Crippen LogP contribution in [0, 0.1) is 17.2 Å². The maximum Gasteiger partial charge on any atom is 0.0662 e. The van der Waals surface area contributed by atoms with E-state index in [1.807, 2.05) is 0 Å². The van der Waals surface area contributed by atoms with Crippen molar-refractivity contribution in [2.75, 3.05) is 0 Å². The molecule has 0 N–H and O–H groups in total. The lowest BCUT2D eigenvalue weighted by Gasteiger charge is -2.25. The van der Waals surface area contributed by atoms with Crippen molar-refractivity contribution in [3.8, 4) is 6.07 Å². The second-order valence-corrected chi connectivity index (χ2v) is 4.62. The molecule has 1 aromatic heterocycles. The number of nitriles is 1.